The van der Waals surface area contributed by atoms with Crippen molar-refractivity contribution in [2.45, 2.75) is 38.7 Å². The zero-order valence-electron chi connectivity index (χ0n) is 7.23. The van der Waals surface area contributed by atoms with Crippen LogP contribution in [0.25, 0.3) is 0 Å². The average molecular weight is 177 g/mol. The molecule has 1 amide bonds. The topological polar surface area (TPSA) is 29.1 Å². The number of hydrogen-bond acceptors (Lipinski definition) is 1. The van der Waals surface area contributed by atoms with Crippen molar-refractivity contribution in [1.29, 1.82) is 0 Å². The van der Waals surface area contributed by atoms with Crippen LogP contribution in [0.2, 0.25) is 0 Å². The molecule has 1 saturated carbocycles. The lowest BCUT2D eigenvalue weighted by molar-refractivity contribution is -0.149. The summed E-state index contributed by atoms with van der Waals surface area (Å²) in [6, 6.07) is -0.220. The van der Waals surface area contributed by atoms with Crippen molar-refractivity contribution < 1.29 is 13.6 Å². The summed E-state index contributed by atoms with van der Waals surface area (Å²) in [6.45, 7) is 3.34. The van der Waals surface area contributed by atoms with Crippen LogP contribution in [0.15, 0.2) is 0 Å². The van der Waals surface area contributed by atoms with Crippen LogP contribution in [0.1, 0.15) is 26.7 Å². The fourth-order valence-corrected chi connectivity index (χ4v) is 0.990. The lowest BCUT2D eigenvalue weighted by atomic mass is 10.2. The molecule has 0 spiro atoms. The van der Waals surface area contributed by atoms with Gasteiger partial charge in [0.25, 0.3) is 5.91 Å². The van der Waals surface area contributed by atoms with Crippen LogP contribution in [0, 0.1) is 5.92 Å². The Morgan fingerprint density at radius 1 is 1.50 bits per heavy atom. The van der Waals surface area contributed by atoms with Crippen molar-refractivity contribution in [3.05, 3.63) is 0 Å². The van der Waals surface area contributed by atoms with E-state index in [9.17, 15) is 13.6 Å². The smallest absolute Gasteiger partial charge is 0.327 e. The third-order valence-electron chi connectivity index (χ3n) is 1.81. The Kier molecular flexibility index (Phi) is 2.35. The fraction of sp³-hybridized carbons (Fsp3) is 0.875. The average Bonchev–Trinajstić information content (AvgIpc) is 2.65. The van der Waals surface area contributed by atoms with E-state index in [0.717, 1.165) is 0 Å². The van der Waals surface area contributed by atoms with Gasteiger partial charge in [0.2, 0.25) is 0 Å². The van der Waals surface area contributed by atoms with E-state index in [1.165, 1.54) is 0 Å². The zero-order chi connectivity index (χ0) is 9.35. The Hall–Kier alpha value is -0.670. The van der Waals surface area contributed by atoms with Crippen LogP contribution in [-0.4, -0.2) is 17.9 Å². The van der Waals surface area contributed by atoms with E-state index in [4.69, 9.17) is 0 Å². The monoisotopic (exact) mass is 177 g/mol. The van der Waals surface area contributed by atoms with Gasteiger partial charge in [-0.3, -0.25) is 4.79 Å². The molecule has 70 valence electrons. The summed E-state index contributed by atoms with van der Waals surface area (Å²) in [6.07, 6.45) is 0.941. The molecule has 0 atom stereocenters. The minimum atomic E-state index is -3.15. The van der Waals surface area contributed by atoms with Gasteiger partial charge in [-0.25, -0.2) is 0 Å². The minimum Gasteiger partial charge on any atom is -0.349 e. The first-order valence-electron chi connectivity index (χ1n) is 4.13. The normalized spacial score (nSPS) is 18.1. The van der Waals surface area contributed by atoms with E-state index in [1.54, 1.807) is 13.8 Å². The summed E-state index contributed by atoms with van der Waals surface area (Å²) >= 11 is 0. The van der Waals surface area contributed by atoms with Gasteiger partial charge >= 0.3 is 5.92 Å². The number of rotatable bonds is 3. The molecule has 0 radical (unpaired) electrons. The largest absolute Gasteiger partial charge is 0.349 e. The maximum atomic E-state index is 13.0. The Morgan fingerprint density at radius 3 is 2.33 bits per heavy atom. The van der Waals surface area contributed by atoms with Gasteiger partial charge in [0.1, 0.15) is 0 Å². The standard InChI is InChI=1S/C8H13F2NO/c1-5(2)11-7(12)8(9,10)6-3-4-6/h5-6H,3-4H2,1-2H3,(H,11,12). The van der Waals surface area contributed by atoms with Crippen LogP contribution < -0.4 is 5.32 Å². The highest BCUT2D eigenvalue weighted by molar-refractivity contribution is 5.84. The van der Waals surface area contributed by atoms with Gasteiger partial charge in [-0.05, 0) is 26.7 Å². The molecule has 0 aliphatic heterocycles. The van der Waals surface area contributed by atoms with Gasteiger partial charge in [-0.15, -0.1) is 0 Å². The molecule has 0 aromatic heterocycles. The van der Waals surface area contributed by atoms with E-state index in [0.29, 0.717) is 12.8 Å². The summed E-state index contributed by atoms with van der Waals surface area (Å²) in [4.78, 5) is 10.9. The second-order valence-corrected chi connectivity index (χ2v) is 3.53. The molecule has 4 heteroatoms. The molecule has 12 heavy (non-hydrogen) atoms. The predicted molar refractivity (Wildman–Crippen MR) is 40.9 cm³/mol. The highest BCUT2D eigenvalue weighted by Gasteiger charge is 2.52. The molecule has 1 N–H and O–H groups in total. The van der Waals surface area contributed by atoms with Crippen molar-refractivity contribution in [1.82, 2.24) is 5.32 Å². The van der Waals surface area contributed by atoms with Crippen LogP contribution in [0.4, 0.5) is 8.78 Å². The predicted octanol–water partition coefficient (Wildman–Crippen LogP) is 1.56. The van der Waals surface area contributed by atoms with Gasteiger partial charge in [-0.1, -0.05) is 0 Å². The Morgan fingerprint density at radius 2 is 2.00 bits per heavy atom. The lowest BCUT2D eigenvalue weighted by Crippen LogP contribution is -2.44. The molecule has 0 unspecified atom stereocenters. The summed E-state index contributed by atoms with van der Waals surface area (Å²) in [5, 5.41) is 2.22. The van der Waals surface area contributed by atoms with E-state index in [1.807, 2.05) is 0 Å². The third kappa shape index (κ3) is 1.93. The molecular weight excluding hydrogens is 164 g/mol. The van der Waals surface area contributed by atoms with Crippen LogP contribution in [-0.2, 0) is 4.79 Å². The number of carbonyl (C=O) groups excluding carboxylic acids is 1. The van der Waals surface area contributed by atoms with Gasteiger partial charge in [-0.2, -0.15) is 8.78 Å². The number of amides is 1. The molecule has 2 nitrogen and oxygen atoms in total. The van der Waals surface area contributed by atoms with E-state index in [-0.39, 0.29) is 6.04 Å². The maximum Gasteiger partial charge on any atom is 0.327 e. The van der Waals surface area contributed by atoms with Crippen molar-refractivity contribution in [3.8, 4) is 0 Å². The fourth-order valence-electron chi connectivity index (χ4n) is 0.990. The van der Waals surface area contributed by atoms with Crippen molar-refractivity contribution in [2.75, 3.05) is 0 Å². The minimum absolute atomic E-state index is 0.220. The molecule has 0 aromatic rings. The Labute approximate surface area is 70.3 Å². The first-order chi connectivity index (χ1) is 5.44. The highest BCUT2D eigenvalue weighted by Crippen LogP contribution is 2.43. The molecule has 0 saturated heterocycles. The summed E-state index contributed by atoms with van der Waals surface area (Å²) in [5.41, 5.74) is 0. The molecule has 0 heterocycles. The van der Waals surface area contributed by atoms with Gasteiger partial charge in [0.15, 0.2) is 0 Å². The van der Waals surface area contributed by atoms with Crippen molar-refractivity contribution >= 4 is 5.91 Å². The van der Waals surface area contributed by atoms with Gasteiger partial charge in [0.05, 0.1) is 0 Å². The molecular formula is C8H13F2NO. The van der Waals surface area contributed by atoms with Crippen LogP contribution in [0.3, 0.4) is 0 Å². The van der Waals surface area contributed by atoms with Crippen LogP contribution >= 0.6 is 0 Å². The first-order valence-corrected chi connectivity index (χ1v) is 4.13. The quantitative estimate of drug-likeness (QED) is 0.696. The molecule has 1 fully saturated rings. The maximum absolute atomic E-state index is 13.0. The van der Waals surface area contributed by atoms with Crippen molar-refractivity contribution in [2.24, 2.45) is 5.92 Å². The van der Waals surface area contributed by atoms with E-state index in [2.05, 4.69) is 5.32 Å². The van der Waals surface area contributed by atoms with E-state index < -0.39 is 17.7 Å². The van der Waals surface area contributed by atoms with Gasteiger partial charge in [0, 0.05) is 12.0 Å². The van der Waals surface area contributed by atoms with Crippen LogP contribution in [0.5, 0.6) is 0 Å². The van der Waals surface area contributed by atoms with Crippen molar-refractivity contribution in [3.63, 3.8) is 0 Å². The molecule has 1 aliphatic rings. The molecule has 1 aliphatic carbocycles. The Balaban J connectivity index is 2.49. The summed E-state index contributed by atoms with van der Waals surface area (Å²) < 4.78 is 25.9. The molecule has 0 aromatic carbocycles. The highest BCUT2D eigenvalue weighted by atomic mass is 19.3. The number of carbonyl (C=O) groups is 1. The SMILES string of the molecule is CC(C)NC(=O)C(F)(F)C1CC1. The number of hydrogen-bond donors (Lipinski definition) is 1. The Bertz CT molecular complexity index is 187. The summed E-state index contributed by atoms with van der Waals surface area (Å²) in [5.74, 6) is -4.99. The zero-order valence-corrected chi connectivity index (χ0v) is 7.23. The number of halogens is 2. The lowest BCUT2D eigenvalue weighted by Gasteiger charge is -2.16. The second kappa shape index (κ2) is 2.99. The summed E-state index contributed by atoms with van der Waals surface area (Å²) in [7, 11) is 0. The third-order valence-corrected chi connectivity index (χ3v) is 1.81. The first kappa shape index (κ1) is 9.42. The second-order valence-electron chi connectivity index (χ2n) is 3.53. The molecule has 0 bridgehead atoms. The van der Waals surface area contributed by atoms with Gasteiger partial charge < -0.3 is 5.32 Å². The molecule has 1 rings (SSSR count). The number of nitrogens with one attached hydrogen (secondary N) is 1. The number of alkyl halides is 2. The van der Waals surface area contributed by atoms with E-state index >= 15 is 0 Å².